The van der Waals surface area contributed by atoms with E-state index in [1.165, 1.54) is 0 Å². The molecule has 0 aliphatic carbocycles. The van der Waals surface area contributed by atoms with Crippen molar-refractivity contribution in [3.05, 3.63) is 29.3 Å². The highest BCUT2D eigenvalue weighted by molar-refractivity contribution is 6.05. The van der Waals surface area contributed by atoms with Crippen molar-refractivity contribution in [3.8, 4) is 5.75 Å². The maximum atomic E-state index is 12.2. The zero-order valence-electron chi connectivity index (χ0n) is 10.5. The van der Waals surface area contributed by atoms with E-state index in [0.29, 0.717) is 11.3 Å². The molecule has 0 saturated heterocycles. The zero-order valence-corrected chi connectivity index (χ0v) is 10.5. The summed E-state index contributed by atoms with van der Waals surface area (Å²) in [7, 11) is 0. The minimum Gasteiger partial charge on any atom is -0.489 e. The molecule has 0 radical (unpaired) electrons. The fourth-order valence-corrected chi connectivity index (χ4v) is 2.15. The number of hydrogen-bond donors (Lipinski definition) is 2. The molecule has 0 unspecified atom stereocenters. The van der Waals surface area contributed by atoms with Crippen LogP contribution < -0.4 is 10.1 Å². The first kappa shape index (κ1) is 11.6. The number of fused-ring (bicyclic) bond motifs is 1. The predicted molar refractivity (Wildman–Crippen MR) is 67.1 cm³/mol. The largest absolute Gasteiger partial charge is 0.489 e. The number of carbonyl (C=O) groups excluding carboxylic acids is 1. The van der Waals surface area contributed by atoms with E-state index >= 15 is 0 Å². The molecule has 1 aliphatic rings. The Kier molecular flexibility index (Phi) is 2.66. The van der Waals surface area contributed by atoms with E-state index in [1.54, 1.807) is 6.07 Å². The van der Waals surface area contributed by atoms with Crippen LogP contribution in [0.25, 0.3) is 0 Å². The average molecular weight is 259 g/mol. The van der Waals surface area contributed by atoms with Crippen molar-refractivity contribution in [3.63, 3.8) is 0 Å². The lowest BCUT2D eigenvalue weighted by Crippen LogP contribution is -2.15. The molecule has 2 aromatic rings. The molecule has 19 heavy (non-hydrogen) atoms. The first-order valence-corrected chi connectivity index (χ1v) is 6.01. The molecule has 2 heterocycles. The highest BCUT2D eigenvalue weighted by Gasteiger charge is 2.31. The van der Waals surface area contributed by atoms with E-state index in [1.807, 2.05) is 19.1 Å². The van der Waals surface area contributed by atoms with Crippen LogP contribution in [0, 0.1) is 0 Å². The first-order chi connectivity index (χ1) is 9.16. The summed E-state index contributed by atoms with van der Waals surface area (Å²) < 4.78 is 5.77. The van der Waals surface area contributed by atoms with Crippen molar-refractivity contribution in [1.82, 2.24) is 20.6 Å². The number of aromatic amines is 1. The van der Waals surface area contributed by atoms with E-state index in [0.717, 1.165) is 5.56 Å². The van der Waals surface area contributed by atoms with Gasteiger partial charge in [0.25, 0.3) is 11.9 Å². The molecule has 0 bridgehead atoms. The zero-order chi connectivity index (χ0) is 13.4. The van der Waals surface area contributed by atoms with Crippen LogP contribution >= 0.6 is 0 Å². The minimum absolute atomic E-state index is 0.0640. The Balaban J connectivity index is 1.92. The number of carbonyl (C=O) groups is 1. The third kappa shape index (κ3) is 1.92. The van der Waals surface area contributed by atoms with Crippen LogP contribution in [0.1, 0.15) is 35.7 Å². The Morgan fingerprint density at radius 2 is 2.26 bits per heavy atom. The average Bonchev–Trinajstić information content (AvgIpc) is 2.99. The van der Waals surface area contributed by atoms with Crippen molar-refractivity contribution in [2.45, 2.75) is 25.9 Å². The number of H-pyrrole nitrogens is 1. The van der Waals surface area contributed by atoms with Crippen LogP contribution in [-0.4, -0.2) is 32.6 Å². The van der Waals surface area contributed by atoms with Crippen molar-refractivity contribution in [2.75, 3.05) is 5.32 Å². The Bertz CT molecular complexity index is 611. The van der Waals surface area contributed by atoms with Gasteiger partial charge in [-0.2, -0.15) is 5.21 Å². The van der Waals surface area contributed by atoms with E-state index in [-0.39, 0.29) is 23.9 Å². The molecule has 98 valence electrons. The summed E-state index contributed by atoms with van der Waals surface area (Å²) >= 11 is 0. The van der Waals surface area contributed by atoms with Crippen LogP contribution in [-0.2, 0) is 0 Å². The van der Waals surface area contributed by atoms with E-state index in [2.05, 4.69) is 32.9 Å². The van der Waals surface area contributed by atoms with Crippen LogP contribution in [0.2, 0.25) is 0 Å². The van der Waals surface area contributed by atoms with Gasteiger partial charge in [-0.25, -0.2) is 0 Å². The lowest BCUT2D eigenvalue weighted by molar-refractivity contribution is 0.102. The highest BCUT2D eigenvalue weighted by atomic mass is 16.5. The quantitative estimate of drug-likeness (QED) is 0.848. The van der Waals surface area contributed by atoms with Crippen molar-refractivity contribution in [2.24, 2.45) is 0 Å². The Morgan fingerprint density at radius 1 is 1.42 bits per heavy atom. The molecular formula is C12H13N5O2. The van der Waals surface area contributed by atoms with Crippen LogP contribution in [0.15, 0.2) is 18.2 Å². The molecule has 1 aromatic heterocycles. The number of ether oxygens (including phenoxy) is 1. The molecule has 0 saturated carbocycles. The van der Waals surface area contributed by atoms with E-state index in [4.69, 9.17) is 4.74 Å². The topological polar surface area (TPSA) is 92.8 Å². The first-order valence-electron chi connectivity index (χ1n) is 6.01. The number of benzene rings is 1. The number of anilines is 1. The molecular weight excluding hydrogens is 246 g/mol. The Labute approximate surface area is 109 Å². The highest BCUT2D eigenvalue weighted by Crippen LogP contribution is 2.40. The van der Waals surface area contributed by atoms with Crippen LogP contribution in [0.5, 0.6) is 5.75 Å². The summed E-state index contributed by atoms with van der Waals surface area (Å²) in [4.78, 5) is 12.2. The van der Waals surface area contributed by atoms with E-state index in [9.17, 15) is 4.79 Å². The summed E-state index contributed by atoms with van der Waals surface area (Å²) in [6.45, 7) is 4.07. The summed E-state index contributed by atoms with van der Waals surface area (Å²) in [6, 6.07) is 5.55. The van der Waals surface area contributed by atoms with Gasteiger partial charge in [-0.3, -0.25) is 10.1 Å². The summed E-state index contributed by atoms with van der Waals surface area (Å²) in [5, 5.41) is 15.6. The molecule has 0 fully saturated rings. The maximum absolute atomic E-state index is 12.2. The molecule has 1 aliphatic heterocycles. The standard InChI is InChI=1S/C12H13N5O2/c1-6-7(2)19-10-8(6)4-3-5-9(10)11(18)13-12-14-16-17-15-12/h3-7H,1-2H3,(H2,13,14,15,16,17,18)/t6-,7+/m1/s1. The van der Waals surface area contributed by atoms with Gasteiger partial charge in [0.2, 0.25) is 0 Å². The molecule has 2 N–H and O–H groups in total. The normalized spacial score (nSPS) is 20.7. The minimum atomic E-state index is -0.306. The van der Waals surface area contributed by atoms with Gasteiger partial charge in [0.1, 0.15) is 11.9 Å². The van der Waals surface area contributed by atoms with Gasteiger partial charge in [-0.05, 0) is 18.2 Å². The lowest BCUT2D eigenvalue weighted by Gasteiger charge is -2.08. The van der Waals surface area contributed by atoms with Crippen molar-refractivity contribution >= 4 is 11.9 Å². The van der Waals surface area contributed by atoms with Crippen molar-refractivity contribution in [1.29, 1.82) is 0 Å². The van der Waals surface area contributed by atoms with Gasteiger partial charge < -0.3 is 4.74 Å². The summed E-state index contributed by atoms with van der Waals surface area (Å²) in [5.41, 5.74) is 1.53. The number of nitrogens with zero attached hydrogens (tertiary/aromatic N) is 3. The number of tetrazole rings is 1. The smallest absolute Gasteiger partial charge is 0.270 e. The molecule has 7 heteroatoms. The number of aromatic nitrogens is 4. The predicted octanol–water partition coefficient (Wildman–Crippen LogP) is 1.34. The number of nitrogens with one attached hydrogen (secondary N) is 2. The maximum Gasteiger partial charge on any atom is 0.270 e. The van der Waals surface area contributed by atoms with Crippen LogP contribution in [0.4, 0.5) is 5.95 Å². The van der Waals surface area contributed by atoms with Gasteiger partial charge in [0, 0.05) is 11.5 Å². The second-order valence-electron chi connectivity index (χ2n) is 4.53. The molecule has 1 aromatic carbocycles. The second-order valence-corrected chi connectivity index (χ2v) is 4.53. The van der Waals surface area contributed by atoms with Gasteiger partial charge in [-0.1, -0.05) is 24.2 Å². The van der Waals surface area contributed by atoms with Gasteiger partial charge >= 0.3 is 0 Å². The number of rotatable bonds is 2. The molecule has 2 atom stereocenters. The monoisotopic (exact) mass is 259 g/mol. The SMILES string of the molecule is C[C@@H]1Oc2c(C(=O)Nc3nn[nH]n3)cccc2[C@@H]1C. The molecule has 1 amide bonds. The Morgan fingerprint density at radius 3 is 3.00 bits per heavy atom. The summed E-state index contributed by atoms with van der Waals surface area (Å²) in [6.07, 6.45) is 0.0640. The molecule has 7 nitrogen and oxygen atoms in total. The number of hydrogen-bond acceptors (Lipinski definition) is 5. The van der Waals surface area contributed by atoms with Crippen molar-refractivity contribution < 1.29 is 9.53 Å². The third-order valence-corrected chi connectivity index (χ3v) is 3.36. The fourth-order valence-electron chi connectivity index (χ4n) is 2.15. The molecule has 0 spiro atoms. The van der Waals surface area contributed by atoms with Gasteiger partial charge in [0.15, 0.2) is 0 Å². The molecule has 3 rings (SSSR count). The number of para-hydroxylation sites is 1. The van der Waals surface area contributed by atoms with Gasteiger partial charge in [-0.15, -0.1) is 5.10 Å². The number of amides is 1. The van der Waals surface area contributed by atoms with Gasteiger partial charge in [0.05, 0.1) is 5.56 Å². The summed E-state index contributed by atoms with van der Waals surface area (Å²) in [5.74, 6) is 0.748. The van der Waals surface area contributed by atoms with E-state index < -0.39 is 0 Å². The second kappa shape index (κ2) is 4.34. The fraction of sp³-hybridized carbons (Fsp3) is 0.333. The van der Waals surface area contributed by atoms with Crippen LogP contribution in [0.3, 0.4) is 0 Å². The third-order valence-electron chi connectivity index (χ3n) is 3.36. The Hall–Kier alpha value is -2.44. The lowest BCUT2D eigenvalue weighted by atomic mass is 9.97.